The Morgan fingerprint density at radius 3 is 3.00 bits per heavy atom. The van der Waals surface area contributed by atoms with Gasteiger partial charge in [-0.05, 0) is 17.7 Å². The van der Waals surface area contributed by atoms with Crippen LogP contribution in [-0.4, -0.2) is 13.0 Å². The molecule has 1 aliphatic heterocycles. The molecule has 2 nitrogen and oxygen atoms in total. The van der Waals surface area contributed by atoms with Crippen LogP contribution in [0.1, 0.15) is 5.56 Å². The normalized spacial score (nSPS) is 15.2. The molecule has 1 heterocycles. The molecule has 0 aliphatic carbocycles. The van der Waals surface area contributed by atoms with Crippen LogP contribution in [0.5, 0.6) is 0 Å². The van der Waals surface area contributed by atoms with Crippen molar-refractivity contribution in [1.82, 2.24) is 0 Å². The van der Waals surface area contributed by atoms with Gasteiger partial charge in [0.2, 0.25) is 5.91 Å². The smallest absolute Gasteiger partial charge is 0.231 e. The molecule has 0 spiro atoms. The molecule has 0 fully saturated rings. The van der Waals surface area contributed by atoms with E-state index in [4.69, 9.17) is 0 Å². The number of carbonyl (C=O) groups is 1. The van der Waals surface area contributed by atoms with Crippen LogP contribution >= 0.6 is 0 Å². The van der Waals surface area contributed by atoms with Gasteiger partial charge in [0.1, 0.15) is 5.82 Å². The minimum absolute atomic E-state index is 0.0237. The summed E-state index contributed by atoms with van der Waals surface area (Å²) in [6.45, 7) is 0. The Kier molecular flexibility index (Phi) is 1.40. The van der Waals surface area contributed by atoms with Gasteiger partial charge in [-0.3, -0.25) is 4.79 Å². The van der Waals surface area contributed by atoms with Gasteiger partial charge in [-0.25, -0.2) is 4.39 Å². The Hall–Kier alpha value is -1.38. The van der Waals surface area contributed by atoms with Crippen LogP contribution in [0.4, 0.5) is 10.1 Å². The molecule has 0 radical (unpaired) electrons. The minimum atomic E-state index is -0.296. The van der Waals surface area contributed by atoms with E-state index < -0.39 is 0 Å². The van der Waals surface area contributed by atoms with Crippen molar-refractivity contribution < 1.29 is 9.18 Å². The maximum atomic E-state index is 12.7. The SMILES string of the molecule is CN1C(=O)Cc2ccc(F)cc21. The molecule has 0 bridgehead atoms. The molecule has 2 rings (SSSR count). The molecular formula is C9H8FNO. The molecule has 1 aliphatic rings. The molecule has 0 saturated heterocycles. The number of nitrogens with zero attached hydrogens (tertiary/aromatic N) is 1. The fraction of sp³-hybridized carbons (Fsp3) is 0.222. The number of benzene rings is 1. The van der Waals surface area contributed by atoms with Crippen molar-refractivity contribution in [1.29, 1.82) is 0 Å². The van der Waals surface area contributed by atoms with Crippen molar-refractivity contribution in [3.63, 3.8) is 0 Å². The molecule has 62 valence electrons. The summed E-state index contributed by atoms with van der Waals surface area (Å²) in [4.78, 5) is 12.6. The average molecular weight is 165 g/mol. The zero-order valence-electron chi connectivity index (χ0n) is 6.67. The van der Waals surface area contributed by atoms with Crippen LogP contribution in [0.3, 0.4) is 0 Å². The average Bonchev–Trinajstić information content (AvgIpc) is 2.31. The molecule has 3 heteroatoms. The van der Waals surface area contributed by atoms with E-state index in [1.807, 2.05) is 0 Å². The number of carbonyl (C=O) groups excluding carboxylic acids is 1. The van der Waals surface area contributed by atoms with E-state index in [2.05, 4.69) is 0 Å². The zero-order valence-corrected chi connectivity index (χ0v) is 6.67. The lowest BCUT2D eigenvalue weighted by molar-refractivity contribution is -0.117. The first kappa shape index (κ1) is 7.28. The number of hydrogen-bond acceptors (Lipinski definition) is 1. The number of anilines is 1. The Morgan fingerprint density at radius 2 is 2.25 bits per heavy atom. The second-order valence-electron chi connectivity index (χ2n) is 2.90. The molecule has 1 amide bonds. The Morgan fingerprint density at radius 1 is 1.50 bits per heavy atom. The standard InChI is InChI=1S/C9H8FNO/c1-11-8-5-7(10)3-2-6(8)4-9(11)12/h2-3,5H,4H2,1H3. The maximum Gasteiger partial charge on any atom is 0.231 e. The first-order chi connectivity index (χ1) is 5.68. The van der Waals surface area contributed by atoms with Crippen molar-refractivity contribution in [3.05, 3.63) is 29.6 Å². The Balaban J connectivity index is 2.55. The lowest BCUT2D eigenvalue weighted by Gasteiger charge is -2.08. The van der Waals surface area contributed by atoms with Crippen LogP contribution in [0.25, 0.3) is 0 Å². The predicted octanol–water partition coefficient (Wildman–Crippen LogP) is 1.34. The monoisotopic (exact) mass is 165 g/mol. The van der Waals surface area contributed by atoms with Crippen molar-refractivity contribution in [2.75, 3.05) is 11.9 Å². The van der Waals surface area contributed by atoms with Crippen molar-refractivity contribution in [2.45, 2.75) is 6.42 Å². The summed E-state index contributed by atoms with van der Waals surface area (Å²) in [5.74, 6) is -0.272. The number of halogens is 1. The molecule has 0 saturated carbocycles. The second-order valence-corrected chi connectivity index (χ2v) is 2.90. The maximum absolute atomic E-state index is 12.7. The molecular weight excluding hydrogens is 157 g/mol. The zero-order chi connectivity index (χ0) is 8.72. The van der Waals surface area contributed by atoms with Gasteiger partial charge >= 0.3 is 0 Å². The summed E-state index contributed by atoms with van der Waals surface area (Å²) in [6.07, 6.45) is 0.395. The third kappa shape index (κ3) is 0.897. The lowest BCUT2D eigenvalue weighted by atomic mass is 10.2. The Labute approximate surface area is 69.6 Å². The van der Waals surface area contributed by atoms with Crippen molar-refractivity contribution in [2.24, 2.45) is 0 Å². The topological polar surface area (TPSA) is 20.3 Å². The first-order valence-electron chi connectivity index (χ1n) is 3.73. The van der Waals surface area contributed by atoms with Crippen LogP contribution < -0.4 is 4.90 Å². The molecule has 0 aromatic heterocycles. The fourth-order valence-corrected chi connectivity index (χ4v) is 1.41. The van der Waals surface area contributed by atoms with Crippen LogP contribution in [0, 0.1) is 5.82 Å². The van der Waals surface area contributed by atoms with E-state index in [-0.39, 0.29) is 11.7 Å². The quantitative estimate of drug-likeness (QED) is 0.568. The van der Waals surface area contributed by atoms with Gasteiger partial charge in [-0.2, -0.15) is 0 Å². The minimum Gasteiger partial charge on any atom is -0.315 e. The second kappa shape index (κ2) is 2.30. The molecule has 0 N–H and O–H groups in total. The van der Waals surface area contributed by atoms with Gasteiger partial charge in [0, 0.05) is 12.7 Å². The van der Waals surface area contributed by atoms with E-state index in [0.717, 1.165) is 5.56 Å². The van der Waals surface area contributed by atoms with Gasteiger partial charge in [0.25, 0.3) is 0 Å². The molecule has 0 unspecified atom stereocenters. The Bertz CT molecular complexity index is 348. The van der Waals surface area contributed by atoms with E-state index >= 15 is 0 Å². The fourth-order valence-electron chi connectivity index (χ4n) is 1.41. The summed E-state index contributed by atoms with van der Waals surface area (Å²) in [6, 6.07) is 4.43. The summed E-state index contributed by atoms with van der Waals surface area (Å²) < 4.78 is 12.7. The predicted molar refractivity (Wildman–Crippen MR) is 43.5 cm³/mol. The summed E-state index contributed by atoms with van der Waals surface area (Å²) >= 11 is 0. The van der Waals surface area contributed by atoms with Crippen LogP contribution in [0.15, 0.2) is 18.2 Å². The molecule has 1 aromatic rings. The van der Waals surface area contributed by atoms with Gasteiger partial charge in [0.05, 0.1) is 6.42 Å². The van der Waals surface area contributed by atoms with E-state index in [0.29, 0.717) is 12.1 Å². The number of amides is 1. The van der Waals surface area contributed by atoms with Gasteiger partial charge in [0.15, 0.2) is 0 Å². The number of hydrogen-bond donors (Lipinski definition) is 0. The van der Waals surface area contributed by atoms with E-state index in [1.54, 1.807) is 13.1 Å². The third-order valence-corrected chi connectivity index (χ3v) is 2.12. The summed E-state index contributed by atoms with van der Waals surface area (Å²) in [5, 5.41) is 0. The van der Waals surface area contributed by atoms with Crippen LogP contribution in [0.2, 0.25) is 0 Å². The highest BCUT2D eigenvalue weighted by Crippen LogP contribution is 2.27. The molecule has 0 atom stereocenters. The lowest BCUT2D eigenvalue weighted by Crippen LogP contribution is -2.20. The third-order valence-electron chi connectivity index (χ3n) is 2.12. The highest BCUT2D eigenvalue weighted by Gasteiger charge is 2.23. The van der Waals surface area contributed by atoms with E-state index in [1.165, 1.54) is 17.0 Å². The van der Waals surface area contributed by atoms with Gasteiger partial charge in [-0.15, -0.1) is 0 Å². The van der Waals surface area contributed by atoms with Gasteiger partial charge < -0.3 is 4.90 Å². The molecule has 1 aromatic carbocycles. The van der Waals surface area contributed by atoms with Crippen LogP contribution in [-0.2, 0) is 11.2 Å². The summed E-state index contributed by atoms with van der Waals surface area (Å²) in [7, 11) is 1.66. The van der Waals surface area contributed by atoms with Crippen molar-refractivity contribution >= 4 is 11.6 Å². The number of likely N-dealkylation sites (N-methyl/N-ethyl adjacent to an activating group) is 1. The highest BCUT2D eigenvalue weighted by molar-refractivity contribution is 6.00. The highest BCUT2D eigenvalue weighted by atomic mass is 19.1. The number of fused-ring (bicyclic) bond motifs is 1. The first-order valence-corrected chi connectivity index (χ1v) is 3.73. The largest absolute Gasteiger partial charge is 0.315 e. The van der Waals surface area contributed by atoms with Gasteiger partial charge in [-0.1, -0.05) is 6.07 Å². The van der Waals surface area contributed by atoms with E-state index in [9.17, 15) is 9.18 Å². The molecule has 12 heavy (non-hydrogen) atoms. The number of rotatable bonds is 0. The summed E-state index contributed by atoms with van der Waals surface area (Å²) in [5.41, 5.74) is 1.60. The van der Waals surface area contributed by atoms with Crippen molar-refractivity contribution in [3.8, 4) is 0 Å².